The molecule has 8 atom stereocenters. The van der Waals surface area contributed by atoms with Crippen LogP contribution in [0.2, 0.25) is 0 Å². The number of carbonyl (C=O) groups is 9. The molecule has 3 aromatic rings. The first kappa shape index (κ1) is 57.2. The summed E-state index contributed by atoms with van der Waals surface area (Å²) in [6.45, 7) is 0.271. The fourth-order valence-corrected chi connectivity index (χ4v) is 9.01. The first-order chi connectivity index (χ1) is 35.3. The molecule has 2 aliphatic heterocycles. The van der Waals surface area contributed by atoms with Crippen LogP contribution in [0, 0.1) is 0 Å². The number of likely N-dealkylation sites (tertiary alicyclic amines) is 2. The number of phenols is 1. The van der Waals surface area contributed by atoms with E-state index in [1.54, 1.807) is 30.3 Å². The van der Waals surface area contributed by atoms with Crippen molar-refractivity contribution < 1.29 is 58.5 Å². The van der Waals surface area contributed by atoms with Crippen molar-refractivity contribution >= 4 is 71.9 Å². The molecule has 15 N–H and O–H groups in total. The van der Waals surface area contributed by atoms with E-state index < -0.39 is 108 Å². The fraction of sp³-hybridized carbons (Fsp3) is 0.479. The smallest absolute Gasteiger partial charge is 0.326 e. The number of benzene rings is 2. The fourth-order valence-electron chi connectivity index (χ4n) is 8.75. The number of nitrogens with one attached hydrogen (secondary N) is 6. The maximum Gasteiger partial charge on any atom is 0.326 e. The molecule has 1 aromatic heterocycles. The van der Waals surface area contributed by atoms with Crippen LogP contribution in [0.25, 0.3) is 0 Å². The van der Waals surface area contributed by atoms with Gasteiger partial charge in [-0.15, -0.1) is 0 Å². The molecule has 2 aromatic carbocycles. The number of nitrogens with two attached hydrogens (primary N) is 3. The Morgan fingerprint density at radius 1 is 0.703 bits per heavy atom. The zero-order chi connectivity index (χ0) is 53.9. The lowest BCUT2D eigenvalue weighted by Crippen LogP contribution is -2.60. The lowest BCUT2D eigenvalue weighted by molar-refractivity contribution is -0.145. The van der Waals surface area contributed by atoms with Gasteiger partial charge in [0.2, 0.25) is 41.4 Å². The van der Waals surface area contributed by atoms with E-state index in [2.05, 4.69) is 54.2 Å². The number of rotatable bonds is 27. The largest absolute Gasteiger partial charge is 0.508 e. The second kappa shape index (κ2) is 27.9. The van der Waals surface area contributed by atoms with E-state index in [-0.39, 0.29) is 88.5 Å². The van der Waals surface area contributed by atoms with Crippen LogP contribution < -0.4 is 43.8 Å². The van der Waals surface area contributed by atoms with Crippen LogP contribution in [0.4, 0.5) is 0 Å². The van der Waals surface area contributed by atoms with E-state index in [0.29, 0.717) is 29.7 Å². The average Bonchev–Trinajstić information content (AvgIpc) is 4.18. The van der Waals surface area contributed by atoms with Gasteiger partial charge in [-0.1, -0.05) is 42.5 Å². The van der Waals surface area contributed by atoms with Gasteiger partial charge in [-0.3, -0.25) is 43.3 Å². The molecule has 0 bridgehead atoms. The van der Waals surface area contributed by atoms with Gasteiger partial charge in [0.1, 0.15) is 48.0 Å². The number of guanidine groups is 1. The summed E-state index contributed by atoms with van der Waals surface area (Å²) in [5.74, 6) is -8.12. The van der Waals surface area contributed by atoms with Crippen LogP contribution in [-0.2, 0) is 62.4 Å². The molecular formula is C48H65N13O12S. The number of aromatic nitrogens is 2. The monoisotopic (exact) mass is 1050 g/mol. The third-order valence-electron chi connectivity index (χ3n) is 12.5. The number of hydrogen-bond acceptors (Lipinski definition) is 14. The van der Waals surface area contributed by atoms with Gasteiger partial charge >= 0.3 is 11.9 Å². The number of imidazole rings is 1. The number of thiol groups is 1. The Morgan fingerprint density at radius 3 is 1.77 bits per heavy atom. The van der Waals surface area contributed by atoms with Gasteiger partial charge in [-0.25, -0.2) is 9.78 Å². The van der Waals surface area contributed by atoms with E-state index in [1.165, 1.54) is 46.6 Å². The molecule has 26 heteroatoms. The standard InChI is InChI=1S/C48H65N13O12S/c49-31(24-39(63)64)40(65)55-32(9-4-17-53-48(50)51)41(66)56-33(16-20-74)42(67)57-34(21-28-12-14-30(62)15-13-28)45(70)60-18-5-10-37(60)43(68)58-35(23-29-25-52-26-54-29)46(71)61-19-6-11-38(61)44(69)59-36(47(72)73)22-27-7-2-1-3-8-27/h1-3,7-8,12-15,25-26,31-38,62,74H,4-6,9-11,16-24,49H2,(H,52,54)(H,55,65)(H,56,66)(H,57,67)(H,58,68)(H,59,69)(H,63,64)(H,72,73)(H4,50,51,53)/t31-,32-,33?,34-,35-,36-,37-,38-/m0/s1. The van der Waals surface area contributed by atoms with E-state index in [0.717, 1.165) is 0 Å². The minimum atomic E-state index is -1.51. The summed E-state index contributed by atoms with van der Waals surface area (Å²) < 4.78 is 0. The van der Waals surface area contributed by atoms with Gasteiger partial charge < -0.3 is 73.9 Å². The highest BCUT2D eigenvalue weighted by Gasteiger charge is 2.43. The number of nitrogens with zero attached hydrogens (tertiary/aromatic N) is 4. The van der Waals surface area contributed by atoms with E-state index >= 15 is 0 Å². The molecule has 2 fully saturated rings. The number of carboxylic acid groups (broad SMARTS) is 2. The van der Waals surface area contributed by atoms with Gasteiger partial charge in [0.25, 0.3) is 0 Å². The van der Waals surface area contributed by atoms with Crippen molar-refractivity contribution in [3.05, 3.63) is 83.9 Å². The maximum absolute atomic E-state index is 14.8. The van der Waals surface area contributed by atoms with Crippen molar-refractivity contribution in [2.75, 3.05) is 25.4 Å². The molecule has 0 aliphatic carbocycles. The highest BCUT2D eigenvalue weighted by molar-refractivity contribution is 7.80. The predicted molar refractivity (Wildman–Crippen MR) is 270 cm³/mol. The summed E-state index contributed by atoms with van der Waals surface area (Å²) in [6.07, 6.45) is 3.12. The van der Waals surface area contributed by atoms with Crippen molar-refractivity contribution in [1.82, 2.24) is 46.4 Å². The number of aliphatic imine (C=N–C) groups is 1. The van der Waals surface area contributed by atoms with Crippen molar-refractivity contribution in [2.24, 2.45) is 22.2 Å². The lowest BCUT2D eigenvalue weighted by Gasteiger charge is -2.32. The Bertz CT molecular complexity index is 2460. The summed E-state index contributed by atoms with van der Waals surface area (Å²) in [7, 11) is 0. The zero-order valence-corrected chi connectivity index (χ0v) is 41.5. The highest BCUT2D eigenvalue weighted by Crippen LogP contribution is 2.24. The van der Waals surface area contributed by atoms with Gasteiger partial charge in [-0.2, -0.15) is 12.6 Å². The normalized spacial score (nSPS) is 17.6. The summed E-state index contributed by atoms with van der Waals surface area (Å²) >= 11 is 4.28. The van der Waals surface area contributed by atoms with Crippen LogP contribution in [0.15, 0.2) is 72.1 Å². The average molecular weight is 1050 g/mol. The second-order valence-electron chi connectivity index (χ2n) is 18.0. The number of carbonyl (C=O) groups excluding carboxylic acids is 7. The summed E-state index contributed by atoms with van der Waals surface area (Å²) in [4.78, 5) is 135. The van der Waals surface area contributed by atoms with Crippen LogP contribution in [0.3, 0.4) is 0 Å². The molecule has 2 aliphatic rings. The Kier molecular flexibility index (Phi) is 21.6. The number of aromatic hydroxyl groups is 1. The number of hydrogen-bond donors (Lipinski definition) is 13. The number of carboxylic acids is 2. The third-order valence-corrected chi connectivity index (χ3v) is 12.8. The van der Waals surface area contributed by atoms with Crippen molar-refractivity contribution in [1.29, 1.82) is 0 Å². The summed E-state index contributed by atoms with van der Waals surface area (Å²) in [6, 6.07) is 4.29. The van der Waals surface area contributed by atoms with E-state index in [1.807, 2.05) is 0 Å². The second-order valence-corrected chi connectivity index (χ2v) is 18.5. The molecule has 0 spiro atoms. The van der Waals surface area contributed by atoms with Gasteiger partial charge in [-0.05, 0) is 74.0 Å². The number of amides is 7. The van der Waals surface area contributed by atoms with E-state index in [4.69, 9.17) is 22.3 Å². The Morgan fingerprint density at radius 2 is 1.23 bits per heavy atom. The number of aliphatic carboxylic acids is 2. The first-order valence-electron chi connectivity index (χ1n) is 24.1. The van der Waals surface area contributed by atoms with Crippen molar-refractivity contribution in [3.63, 3.8) is 0 Å². The molecule has 1 unspecified atom stereocenters. The molecule has 0 saturated carbocycles. The van der Waals surface area contributed by atoms with Crippen LogP contribution in [0.1, 0.15) is 68.2 Å². The van der Waals surface area contributed by atoms with E-state index in [9.17, 15) is 53.4 Å². The van der Waals surface area contributed by atoms with Crippen molar-refractivity contribution in [2.45, 2.75) is 119 Å². The minimum Gasteiger partial charge on any atom is -0.508 e. The molecule has 74 heavy (non-hydrogen) atoms. The molecule has 0 radical (unpaired) electrons. The SMILES string of the molecule is NC(N)=NCCC[C@H](NC(=O)[C@@H](N)CC(=O)O)C(=O)NC(CCS)C(=O)N[C@@H](Cc1ccc(O)cc1)C(=O)N1CCC[C@H]1C(=O)N[C@@H](Cc1cnc[nH]1)C(=O)N1CCC[C@H]1C(=O)N[C@@H](Cc1ccccc1)C(=O)O. The van der Waals surface area contributed by atoms with Gasteiger partial charge in [0, 0.05) is 50.8 Å². The quantitative estimate of drug-likeness (QED) is 0.0167. The number of H-pyrrole nitrogens is 1. The molecule has 7 amide bonds. The first-order valence-corrected chi connectivity index (χ1v) is 24.8. The topological polar surface area (TPSA) is 400 Å². The molecule has 5 rings (SSSR count). The molecule has 2 saturated heterocycles. The van der Waals surface area contributed by atoms with Gasteiger partial charge in [0.15, 0.2) is 5.96 Å². The maximum atomic E-state index is 14.8. The van der Waals surface area contributed by atoms with Crippen LogP contribution in [0.5, 0.6) is 5.75 Å². The number of aromatic amines is 1. The van der Waals surface area contributed by atoms with Crippen molar-refractivity contribution in [3.8, 4) is 5.75 Å². The summed E-state index contributed by atoms with van der Waals surface area (Å²) in [5, 5.41) is 42.3. The predicted octanol–water partition coefficient (Wildman–Crippen LogP) is -2.19. The lowest BCUT2D eigenvalue weighted by atomic mass is 10.0. The molecule has 25 nitrogen and oxygen atoms in total. The number of phenolic OH excluding ortho intramolecular Hbond substituents is 1. The molecule has 400 valence electrons. The summed E-state index contributed by atoms with van der Waals surface area (Å²) in [5.41, 5.74) is 18.3. The third kappa shape index (κ3) is 16.9. The molecular weight excluding hydrogens is 983 g/mol. The Hall–Kier alpha value is -7.74. The van der Waals surface area contributed by atoms with Crippen LogP contribution in [-0.4, -0.2) is 168 Å². The minimum absolute atomic E-state index is 0.00367. The van der Waals surface area contributed by atoms with Gasteiger partial charge in [0.05, 0.1) is 18.8 Å². The van der Waals surface area contributed by atoms with Crippen LogP contribution >= 0.6 is 12.6 Å². The zero-order valence-electron chi connectivity index (χ0n) is 40.6. The Balaban J connectivity index is 1.35. The highest BCUT2D eigenvalue weighted by atomic mass is 32.1. The Labute approximate surface area is 431 Å². The molecule has 3 heterocycles.